The third-order valence-electron chi connectivity index (χ3n) is 1.69. The minimum absolute atomic E-state index is 0.0432. The number of ether oxygens (including phenoxy) is 1. The van der Waals surface area contributed by atoms with Gasteiger partial charge in [0.25, 0.3) is 0 Å². The van der Waals surface area contributed by atoms with Crippen molar-refractivity contribution in [2.75, 3.05) is 7.11 Å². The van der Waals surface area contributed by atoms with Gasteiger partial charge in [-0.2, -0.15) is 0 Å². The molecule has 1 atom stereocenters. The van der Waals surface area contributed by atoms with Crippen LogP contribution in [0.25, 0.3) is 0 Å². The Balaban J connectivity index is 3.21. The number of hydrogen-bond acceptors (Lipinski definition) is 2. The first-order valence-corrected chi connectivity index (χ1v) is 4.64. The van der Waals surface area contributed by atoms with Crippen LogP contribution < -0.4 is 4.74 Å². The minimum Gasteiger partial charge on any atom is -0.494 e. The largest absolute Gasteiger partial charge is 0.494 e. The Bertz CT molecular complexity index is 355. The van der Waals surface area contributed by atoms with Crippen LogP contribution in [0.4, 0.5) is 8.78 Å². The van der Waals surface area contributed by atoms with Crippen LogP contribution in [-0.4, -0.2) is 13.4 Å². The number of methoxy groups -OCH3 is 1. The topological polar surface area (TPSA) is 26.3 Å². The van der Waals surface area contributed by atoms with E-state index in [2.05, 4.69) is 20.7 Å². The summed E-state index contributed by atoms with van der Waals surface area (Å²) in [6.45, 7) is 0. The van der Waals surface area contributed by atoms with Crippen molar-refractivity contribution in [3.05, 3.63) is 29.3 Å². The third kappa shape index (κ3) is 2.09. The molecule has 0 saturated heterocycles. The van der Waals surface area contributed by atoms with Gasteiger partial charge in [-0.05, 0) is 6.07 Å². The highest BCUT2D eigenvalue weighted by Crippen LogP contribution is 2.28. The van der Waals surface area contributed by atoms with Gasteiger partial charge in [-0.1, -0.05) is 15.9 Å². The molecule has 1 aromatic carbocycles. The SMILES string of the molecule is COc1cc(F)c(C(Br)C=O)cc1F. The molecule has 0 fully saturated rings. The molecule has 76 valence electrons. The molecule has 0 aliphatic carbocycles. The van der Waals surface area contributed by atoms with Gasteiger partial charge in [0.05, 0.1) is 11.9 Å². The lowest BCUT2D eigenvalue weighted by Crippen LogP contribution is -1.99. The number of aldehydes is 1. The van der Waals surface area contributed by atoms with Crippen LogP contribution in [0.1, 0.15) is 10.4 Å². The van der Waals surface area contributed by atoms with E-state index in [1.165, 1.54) is 7.11 Å². The lowest BCUT2D eigenvalue weighted by molar-refractivity contribution is -0.107. The summed E-state index contributed by atoms with van der Waals surface area (Å²) in [6.07, 6.45) is 0.477. The predicted molar refractivity (Wildman–Crippen MR) is 50.6 cm³/mol. The quantitative estimate of drug-likeness (QED) is 0.620. The van der Waals surface area contributed by atoms with Crippen LogP contribution >= 0.6 is 15.9 Å². The van der Waals surface area contributed by atoms with E-state index in [4.69, 9.17) is 0 Å². The van der Waals surface area contributed by atoms with Crippen molar-refractivity contribution >= 4 is 22.2 Å². The molecule has 1 unspecified atom stereocenters. The summed E-state index contributed by atoms with van der Waals surface area (Å²) in [7, 11) is 1.24. The molecule has 2 nitrogen and oxygen atoms in total. The number of alkyl halides is 1. The van der Waals surface area contributed by atoms with Crippen molar-refractivity contribution in [1.82, 2.24) is 0 Å². The zero-order valence-electron chi connectivity index (χ0n) is 7.26. The van der Waals surface area contributed by atoms with E-state index in [1.54, 1.807) is 0 Å². The summed E-state index contributed by atoms with van der Waals surface area (Å²) >= 11 is 2.90. The van der Waals surface area contributed by atoms with Gasteiger partial charge >= 0.3 is 0 Å². The highest BCUT2D eigenvalue weighted by atomic mass is 79.9. The first kappa shape index (κ1) is 11.1. The van der Waals surface area contributed by atoms with Crippen molar-refractivity contribution in [1.29, 1.82) is 0 Å². The number of carbonyl (C=O) groups is 1. The summed E-state index contributed by atoms with van der Waals surface area (Å²) in [6, 6.07) is 1.84. The van der Waals surface area contributed by atoms with Crippen molar-refractivity contribution in [2.24, 2.45) is 0 Å². The van der Waals surface area contributed by atoms with E-state index >= 15 is 0 Å². The number of carbonyl (C=O) groups excluding carboxylic acids is 1. The van der Waals surface area contributed by atoms with E-state index in [0.717, 1.165) is 12.1 Å². The first-order chi connectivity index (χ1) is 6.60. The molecule has 0 aliphatic rings. The smallest absolute Gasteiger partial charge is 0.165 e. The fourth-order valence-corrected chi connectivity index (χ4v) is 1.34. The standard InChI is InChI=1S/C9H7BrF2O2/c1-14-9-3-7(11)5(2-8(9)12)6(10)4-13/h2-4,6H,1H3. The Kier molecular flexibility index (Phi) is 3.57. The number of benzene rings is 1. The fourth-order valence-electron chi connectivity index (χ4n) is 0.985. The second-order valence-corrected chi connectivity index (χ2v) is 3.53. The molecule has 1 rings (SSSR count). The predicted octanol–water partition coefficient (Wildman–Crippen LogP) is 2.61. The molecule has 0 aromatic heterocycles. The average Bonchev–Trinajstić information content (AvgIpc) is 2.19. The summed E-state index contributed by atoms with van der Waals surface area (Å²) in [4.78, 5) is 9.51. The maximum atomic E-state index is 13.2. The molecule has 1 aromatic rings. The highest BCUT2D eigenvalue weighted by Gasteiger charge is 2.15. The van der Waals surface area contributed by atoms with Crippen molar-refractivity contribution in [2.45, 2.75) is 4.83 Å². The third-order valence-corrected chi connectivity index (χ3v) is 2.40. The van der Waals surface area contributed by atoms with Gasteiger partial charge in [0.2, 0.25) is 0 Å². The van der Waals surface area contributed by atoms with E-state index in [1.807, 2.05) is 0 Å². The van der Waals surface area contributed by atoms with Crippen LogP contribution in [0.2, 0.25) is 0 Å². The monoisotopic (exact) mass is 264 g/mol. The number of rotatable bonds is 3. The van der Waals surface area contributed by atoms with Crippen LogP contribution in [0, 0.1) is 11.6 Å². The first-order valence-electron chi connectivity index (χ1n) is 3.72. The van der Waals surface area contributed by atoms with Crippen molar-refractivity contribution in [3.8, 4) is 5.75 Å². The molecular weight excluding hydrogens is 258 g/mol. The summed E-state index contributed by atoms with van der Waals surface area (Å²) in [5, 5.41) is 0. The van der Waals surface area contributed by atoms with Gasteiger partial charge < -0.3 is 9.53 Å². The Morgan fingerprint density at radius 1 is 1.43 bits per heavy atom. The van der Waals surface area contributed by atoms with E-state index in [-0.39, 0.29) is 11.3 Å². The van der Waals surface area contributed by atoms with Gasteiger partial charge in [-0.3, -0.25) is 0 Å². The lowest BCUT2D eigenvalue weighted by atomic mass is 10.1. The van der Waals surface area contributed by atoms with Gasteiger partial charge in [0, 0.05) is 11.6 Å². The Morgan fingerprint density at radius 3 is 2.57 bits per heavy atom. The van der Waals surface area contributed by atoms with Crippen LogP contribution in [-0.2, 0) is 4.79 Å². The zero-order valence-corrected chi connectivity index (χ0v) is 8.85. The zero-order chi connectivity index (χ0) is 10.7. The van der Waals surface area contributed by atoms with Crippen molar-refractivity contribution in [3.63, 3.8) is 0 Å². The molecule has 14 heavy (non-hydrogen) atoms. The Labute approximate surface area is 88.0 Å². The lowest BCUT2D eigenvalue weighted by Gasteiger charge is -2.07. The molecule has 0 N–H and O–H groups in total. The molecule has 5 heteroatoms. The maximum Gasteiger partial charge on any atom is 0.165 e. The molecular formula is C9H7BrF2O2. The van der Waals surface area contributed by atoms with Gasteiger partial charge in [-0.15, -0.1) is 0 Å². The van der Waals surface area contributed by atoms with E-state index in [0.29, 0.717) is 6.29 Å². The molecule has 0 aliphatic heterocycles. The van der Waals surface area contributed by atoms with E-state index in [9.17, 15) is 13.6 Å². The average molecular weight is 265 g/mol. The fraction of sp³-hybridized carbons (Fsp3) is 0.222. The van der Waals surface area contributed by atoms with Crippen LogP contribution in [0.15, 0.2) is 12.1 Å². The van der Waals surface area contributed by atoms with Gasteiger partial charge in [0.15, 0.2) is 11.6 Å². The Morgan fingerprint density at radius 2 is 2.07 bits per heavy atom. The van der Waals surface area contributed by atoms with Crippen LogP contribution in [0.5, 0.6) is 5.75 Å². The summed E-state index contributed by atoms with van der Waals surface area (Å²) < 4.78 is 30.9. The summed E-state index contributed by atoms with van der Waals surface area (Å²) in [5.41, 5.74) is -0.0432. The highest BCUT2D eigenvalue weighted by molar-refractivity contribution is 9.09. The molecule has 0 saturated carbocycles. The normalized spacial score (nSPS) is 12.3. The Hall–Kier alpha value is -0.970. The van der Waals surface area contributed by atoms with E-state index < -0.39 is 16.5 Å². The molecule has 0 spiro atoms. The maximum absolute atomic E-state index is 13.2. The second kappa shape index (κ2) is 4.50. The minimum atomic E-state index is -0.845. The molecule has 0 radical (unpaired) electrons. The molecule has 0 heterocycles. The second-order valence-electron chi connectivity index (χ2n) is 2.55. The van der Waals surface area contributed by atoms with Gasteiger partial charge in [0.1, 0.15) is 12.1 Å². The molecule has 0 bridgehead atoms. The molecule has 0 amide bonds. The number of halogens is 3. The van der Waals surface area contributed by atoms with Gasteiger partial charge in [-0.25, -0.2) is 8.78 Å². The number of hydrogen-bond donors (Lipinski definition) is 0. The van der Waals surface area contributed by atoms with Crippen molar-refractivity contribution < 1.29 is 18.3 Å². The van der Waals surface area contributed by atoms with Crippen LogP contribution in [0.3, 0.4) is 0 Å². The summed E-state index contributed by atoms with van der Waals surface area (Å²) in [5.74, 6) is -1.57.